The van der Waals surface area contributed by atoms with E-state index in [4.69, 9.17) is 9.47 Å². The van der Waals surface area contributed by atoms with Gasteiger partial charge in [-0.3, -0.25) is 0 Å². The van der Waals surface area contributed by atoms with Gasteiger partial charge in [0.05, 0.1) is 18.3 Å². The van der Waals surface area contributed by atoms with Crippen molar-refractivity contribution in [1.82, 2.24) is 0 Å². The van der Waals surface area contributed by atoms with E-state index in [9.17, 15) is 15.0 Å². The molecule has 0 aliphatic heterocycles. The number of carbonyl (C=O) groups is 1. The maximum atomic E-state index is 12.6. The number of fused-ring (bicyclic) bond motifs is 1. The quantitative estimate of drug-likeness (QED) is 0.357. The first kappa shape index (κ1) is 26.4. The lowest BCUT2D eigenvalue weighted by molar-refractivity contribution is -0.166. The average Bonchev–Trinajstić information content (AvgIpc) is 3.43. The molecule has 2 N–H and O–H groups in total. The van der Waals surface area contributed by atoms with Crippen LogP contribution in [0.2, 0.25) is 0 Å². The van der Waals surface area contributed by atoms with Crippen LogP contribution < -0.4 is 0 Å². The Balaban J connectivity index is 1.39. The molecule has 0 spiro atoms. The number of carbonyl (C=O) groups excluding carboxylic acids is 1. The highest BCUT2D eigenvalue weighted by molar-refractivity contribution is 5.71. The van der Waals surface area contributed by atoms with Crippen LogP contribution >= 0.6 is 0 Å². The van der Waals surface area contributed by atoms with Gasteiger partial charge in [-0.2, -0.15) is 0 Å². The molecule has 0 heterocycles. The summed E-state index contributed by atoms with van der Waals surface area (Å²) in [7, 11) is 0. The fraction of sp³-hybridized carbons (Fsp3) is 0.700. The molecule has 0 radical (unpaired) electrons. The first-order valence-corrected chi connectivity index (χ1v) is 13.7. The molecule has 5 nitrogen and oxygen atoms in total. The number of allylic oxidation sites excluding steroid dienone is 4. The van der Waals surface area contributed by atoms with Crippen LogP contribution in [0.3, 0.4) is 0 Å². The van der Waals surface area contributed by atoms with Crippen molar-refractivity contribution in [2.75, 3.05) is 6.61 Å². The summed E-state index contributed by atoms with van der Waals surface area (Å²) in [5.41, 5.74) is 4.13. The van der Waals surface area contributed by atoms with Crippen LogP contribution in [-0.4, -0.2) is 46.7 Å². The van der Waals surface area contributed by atoms with Gasteiger partial charge in [0.25, 0.3) is 0 Å². The molecule has 0 aromatic carbocycles. The minimum Gasteiger partial charge on any atom is -0.457 e. The highest BCUT2D eigenvalue weighted by atomic mass is 16.6. The molecule has 3 fully saturated rings. The molecule has 1 unspecified atom stereocenters. The Morgan fingerprint density at radius 2 is 1.97 bits per heavy atom. The maximum absolute atomic E-state index is 12.6. The molecule has 5 heteroatoms. The van der Waals surface area contributed by atoms with Gasteiger partial charge in [-0.1, -0.05) is 44.2 Å². The minimum atomic E-state index is -0.662. The second-order valence-corrected chi connectivity index (χ2v) is 11.5. The smallest absolute Gasteiger partial charge is 0.332 e. The van der Waals surface area contributed by atoms with E-state index in [1.165, 1.54) is 11.1 Å². The lowest BCUT2D eigenvalue weighted by Gasteiger charge is -2.42. The number of hydrogen-bond donors (Lipinski definition) is 2. The van der Waals surface area contributed by atoms with Crippen molar-refractivity contribution in [3.05, 3.63) is 47.1 Å². The van der Waals surface area contributed by atoms with Crippen molar-refractivity contribution in [2.24, 2.45) is 11.3 Å². The molecular formula is C30H44O5. The third-order valence-corrected chi connectivity index (χ3v) is 9.25. The summed E-state index contributed by atoms with van der Waals surface area (Å²) >= 11 is 0. The normalized spacial score (nSPS) is 35.7. The molecule has 4 aliphatic rings. The number of esters is 1. The highest BCUT2D eigenvalue weighted by Gasteiger charge is 2.46. The third-order valence-electron chi connectivity index (χ3n) is 9.25. The van der Waals surface area contributed by atoms with Crippen LogP contribution in [0.1, 0.15) is 91.4 Å². The zero-order chi connectivity index (χ0) is 25.2. The molecule has 0 aromatic rings. The van der Waals surface area contributed by atoms with E-state index in [0.717, 1.165) is 68.9 Å². The van der Waals surface area contributed by atoms with E-state index in [1.54, 1.807) is 0 Å². The monoisotopic (exact) mass is 484 g/mol. The van der Waals surface area contributed by atoms with E-state index in [2.05, 4.69) is 45.6 Å². The Morgan fingerprint density at radius 1 is 1.23 bits per heavy atom. The third kappa shape index (κ3) is 5.52. The predicted molar refractivity (Wildman–Crippen MR) is 138 cm³/mol. The minimum absolute atomic E-state index is 0.00254. The molecule has 4 aliphatic carbocycles. The Hall–Kier alpha value is -1.69. The Labute approximate surface area is 211 Å². The number of ether oxygens (including phenoxy) is 2. The van der Waals surface area contributed by atoms with E-state index in [-0.39, 0.29) is 29.7 Å². The second kappa shape index (κ2) is 10.7. The van der Waals surface area contributed by atoms with Crippen LogP contribution in [-0.2, 0) is 14.3 Å². The number of aliphatic hydroxyl groups is 2. The van der Waals surface area contributed by atoms with Crippen molar-refractivity contribution in [3.8, 4) is 0 Å². The molecule has 0 bridgehead atoms. The number of aliphatic hydroxyl groups excluding tert-OH is 2. The summed E-state index contributed by atoms with van der Waals surface area (Å²) in [5, 5.41) is 20.2. The van der Waals surface area contributed by atoms with E-state index >= 15 is 0 Å². The summed E-state index contributed by atoms with van der Waals surface area (Å²) < 4.78 is 12.0. The summed E-state index contributed by atoms with van der Waals surface area (Å²) in [4.78, 5) is 12.6. The molecule has 5 atom stereocenters. The van der Waals surface area contributed by atoms with Crippen molar-refractivity contribution >= 4 is 5.97 Å². The van der Waals surface area contributed by atoms with Gasteiger partial charge in [-0.15, -0.1) is 0 Å². The molecule has 0 saturated heterocycles. The van der Waals surface area contributed by atoms with Crippen molar-refractivity contribution in [2.45, 2.75) is 115 Å². The fourth-order valence-corrected chi connectivity index (χ4v) is 7.05. The van der Waals surface area contributed by atoms with Gasteiger partial charge in [0.15, 0.2) is 0 Å². The van der Waals surface area contributed by atoms with Gasteiger partial charge in [0.2, 0.25) is 0 Å². The van der Waals surface area contributed by atoms with Gasteiger partial charge < -0.3 is 19.7 Å². The fourth-order valence-electron chi connectivity index (χ4n) is 7.05. The maximum Gasteiger partial charge on any atom is 0.332 e. The average molecular weight is 485 g/mol. The van der Waals surface area contributed by atoms with Crippen LogP contribution in [0.15, 0.2) is 47.1 Å². The SMILES string of the molecule is C=C1/C(=C\C=C2/CCC[C@]3(C)C(C(C)OCC(=O)OC4(CC)CCCC4)=CC[C@@H]23)C[C@@H](O)C[C@@H]1O. The Bertz CT molecular complexity index is 906. The van der Waals surface area contributed by atoms with Crippen LogP contribution in [0.25, 0.3) is 0 Å². The largest absolute Gasteiger partial charge is 0.457 e. The standard InChI is InChI=1S/C30H44O5/c1-5-30(15-6-7-16-30)35-28(33)19-34-21(3)25-12-13-26-22(9-8-14-29(25,26)4)10-11-23-17-24(31)18-27(32)20(23)2/h10-12,21,24,26-27,31-32H,2,5-9,13-19H2,1,3-4H3/b22-10+,23-11-/t21?,24-,26+,27+,29-/m1/s1. The van der Waals surface area contributed by atoms with Crippen molar-refractivity contribution < 1.29 is 24.5 Å². The first-order valence-electron chi connectivity index (χ1n) is 13.7. The van der Waals surface area contributed by atoms with Crippen molar-refractivity contribution in [3.63, 3.8) is 0 Å². The number of hydrogen-bond acceptors (Lipinski definition) is 5. The summed E-state index contributed by atoms with van der Waals surface area (Å²) in [6.45, 7) is 10.5. The van der Waals surface area contributed by atoms with Gasteiger partial charge in [0.1, 0.15) is 12.2 Å². The first-order chi connectivity index (χ1) is 16.7. The second-order valence-electron chi connectivity index (χ2n) is 11.5. The summed E-state index contributed by atoms with van der Waals surface area (Å²) in [6, 6.07) is 0. The zero-order valence-corrected chi connectivity index (χ0v) is 21.9. The van der Waals surface area contributed by atoms with E-state index in [1.807, 2.05) is 0 Å². The summed E-state index contributed by atoms with van der Waals surface area (Å²) in [6.07, 6.45) is 15.5. The van der Waals surface area contributed by atoms with Gasteiger partial charge in [-0.05, 0) is 99.2 Å². The molecule has 0 aromatic heterocycles. The Morgan fingerprint density at radius 3 is 2.69 bits per heavy atom. The van der Waals surface area contributed by atoms with E-state index < -0.39 is 12.2 Å². The van der Waals surface area contributed by atoms with Gasteiger partial charge in [0, 0.05) is 6.42 Å². The Kier molecular flexibility index (Phi) is 8.09. The van der Waals surface area contributed by atoms with Crippen LogP contribution in [0, 0.1) is 11.3 Å². The van der Waals surface area contributed by atoms with Crippen molar-refractivity contribution in [1.29, 1.82) is 0 Å². The number of rotatable bonds is 7. The van der Waals surface area contributed by atoms with Gasteiger partial charge >= 0.3 is 5.97 Å². The van der Waals surface area contributed by atoms with Gasteiger partial charge in [-0.25, -0.2) is 4.79 Å². The predicted octanol–water partition coefficient (Wildman–Crippen LogP) is 5.72. The molecule has 35 heavy (non-hydrogen) atoms. The zero-order valence-electron chi connectivity index (χ0n) is 21.9. The highest BCUT2D eigenvalue weighted by Crippen LogP contribution is 2.55. The lowest BCUT2D eigenvalue weighted by Crippen LogP contribution is -2.36. The van der Waals surface area contributed by atoms with E-state index in [0.29, 0.717) is 18.8 Å². The lowest BCUT2D eigenvalue weighted by atomic mass is 9.63. The topological polar surface area (TPSA) is 76.0 Å². The van der Waals surface area contributed by atoms with Crippen LogP contribution in [0.4, 0.5) is 0 Å². The molecule has 0 amide bonds. The molecule has 194 valence electrons. The summed E-state index contributed by atoms with van der Waals surface area (Å²) in [5.74, 6) is 0.170. The molecule has 3 saturated carbocycles. The molecule has 4 rings (SSSR count). The van der Waals surface area contributed by atoms with Crippen LogP contribution in [0.5, 0.6) is 0 Å². The molecular weight excluding hydrogens is 440 g/mol.